The SMILES string of the molecule is CCOc1ccc(NC(=O)COc2ccccc2OC)cc1S(=O)(=O)N(C)C. The first-order chi connectivity index (χ1) is 13.3. The number of carbonyl (C=O) groups excluding carboxylic acids is 1. The van der Waals surface area contributed by atoms with E-state index in [4.69, 9.17) is 14.2 Å². The van der Waals surface area contributed by atoms with Crippen LogP contribution in [0.4, 0.5) is 5.69 Å². The van der Waals surface area contributed by atoms with Crippen molar-refractivity contribution in [3.8, 4) is 17.2 Å². The third-order valence-corrected chi connectivity index (χ3v) is 5.55. The summed E-state index contributed by atoms with van der Waals surface area (Å²) in [6.45, 7) is 1.81. The third-order valence-electron chi connectivity index (χ3n) is 3.71. The summed E-state index contributed by atoms with van der Waals surface area (Å²) in [6, 6.07) is 11.4. The molecule has 0 saturated heterocycles. The summed E-state index contributed by atoms with van der Waals surface area (Å²) in [5, 5.41) is 2.63. The quantitative estimate of drug-likeness (QED) is 0.685. The summed E-state index contributed by atoms with van der Waals surface area (Å²) >= 11 is 0. The molecular weight excluding hydrogens is 384 g/mol. The number of hydrogen-bond acceptors (Lipinski definition) is 6. The Morgan fingerprint density at radius 2 is 1.71 bits per heavy atom. The normalized spacial score (nSPS) is 11.2. The molecule has 0 fully saturated rings. The zero-order valence-corrected chi connectivity index (χ0v) is 17.1. The fourth-order valence-corrected chi connectivity index (χ4v) is 3.39. The van der Waals surface area contributed by atoms with Gasteiger partial charge in [-0.1, -0.05) is 12.1 Å². The Morgan fingerprint density at radius 3 is 2.32 bits per heavy atom. The van der Waals surface area contributed by atoms with Crippen molar-refractivity contribution in [2.75, 3.05) is 39.7 Å². The molecule has 0 radical (unpaired) electrons. The van der Waals surface area contributed by atoms with Crippen LogP contribution in [0.1, 0.15) is 6.92 Å². The lowest BCUT2D eigenvalue weighted by Crippen LogP contribution is -2.24. The topological polar surface area (TPSA) is 94.2 Å². The van der Waals surface area contributed by atoms with E-state index in [-0.39, 0.29) is 17.3 Å². The molecule has 0 saturated carbocycles. The average Bonchev–Trinajstić information content (AvgIpc) is 2.67. The zero-order chi connectivity index (χ0) is 20.7. The number of nitrogens with one attached hydrogen (secondary N) is 1. The van der Waals surface area contributed by atoms with Gasteiger partial charge < -0.3 is 19.5 Å². The predicted octanol–water partition coefficient (Wildman–Crippen LogP) is 2.36. The molecule has 0 atom stereocenters. The summed E-state index contributed by atoms with van der Waals surface area (Å²) < 4.78 is 42.2. The highest BCUT2D eigenvalue weighted by Gasteiger charge is 2.23. The maximum atomic E-state index is 12.5. The van der Waals surface area contributed by atoms with E-state index in [9.17, 15) is 13.2 Å². The van der Waals surface area contributed by atoms with Gasteiger partial charge >= 0.3 is 0 Å². The number of carbonyl (C=O) groups is 1. The summed E-state index contributed by atoms with van der Waals surface area (Å²) in [6.07, 6.45) is 0. The predicted molar refractivity (Wildman–Crippen MR) is 106 cm³/mol. The van der Waals surface area contributed by atoms with Gasteiger partial charge in [0.1, 0.15) is 10.6 Å². The minimum Gasteiger partial charge on any atom is -0.493 e. The second-order valence-corrected chi connectivity index (χ2v) is 7.99. The number of benzene rings is 2. The number of ether oxygens (including phenoxy) is 3. The minimum atomic E-state index is -3.74. The van der Waals surface area contributed by atoms with E-state index < -0.39 is 15.9 Å². The molecule has 0 unspecified atom stereocenters. The van der Waals surface area contributed by atoms with Crippen molar-refractivity contribution in [3.05, 3.63) is 42.5 Å². The van der Waals surface area contributed by atoms with Crippen molar-refractivity contribution >= 4 is 21.6 Å². The highest BCUT2D eigenvalue weighted by molar-refractivity contribution is 7.89. The van der Waals surface area contributed by atoms with Crippen LogP contribution in [0.2, 0.25) is 0 Å². The van der Waals surface area contributed by atoms with Gasteiger partial charge in [-0.25, -0.2) is 12.7 Å². The Kier molecular flexibility index (Phi) is 7.24. The highest BCUT2D eigenvalue weighted by Crippen LogP contribution is 2.29. The maximum absolute atomic E-state index is 12.5. The van der Waals surface area contributed by atoms with E-state index in [1.54, 1.807) is 37.3 Å². The van der Waals surface area contributed by atoms with Gasteiger partial charge in [0.15, 0.2) is 18.1 Å². The van der Waals surface area contributed by atoms with E-state index in [0.29, 0.717) is 23.8 Å². The molecule has 2 rings (SSSR count). The molecule has 1 amide bonds. The largest absolute Gasteiger partial charge is 0.493 e. The molecule has 28 heavy (non-hydrogen) atoms. The molecule has 0 aliphatic heterocycles. The van der Waals surface area contributed by atoms with Crippen molar-refractivity contribution in [2.24, 2.45) is 0 Å². The molecule has 9 heteroatoms. The Labute approximate surface area is 165 Å². The van der Waals surface area contributed by atoms with Crippen LogP contribution in [0.5, 0.6) is 17.2 Å². The number of methoxy groups -OCH3 is 1. The molecule has 1 N–H and O–H groups in total. The molecule has 0 bridgehead atoms. The Morgan fingerprint density at radius 1 is 1.04 bits per heavy atom. The lowest BCUT2D eigenvalue weighted by molar-refractivity contribution is -0.118. The number of amides is 1. The Bertz CT molecular complexity index is 928. The van der Waals surface area contributed by atoms with Crippen molar-refractivity contribution in [3.63, 3.8) is 0 Å². The molecule has 152 valence electrons. The first-order valence-corrected chi connectivity index (χ1v) is 9.98. The van der Waals surface area contributed by atoms with Gasteiger partial charge in [0.2, 0.25) is 10.0 Å². The fourth-order valence-electron chi connectivity index (χ4n) is 2.34. The smallest absolute Gasteiger partial charge is 0.262 e. The van der Waals surface area contributed by atoms with E-state index in [1.165, 1.54) is 33.3 Å². The van der Waals surface area contributed by atoms with E-state index in [0.717, 1.165) is 4.31 Å². The van der Waals surface area contributed by atoms with Crippen LogP contribution in [0, 0.1) is 0 Å². The standard InChI is InChI=1S/C19H24N2O6S/c1-5-26-17-11-10-14(12-18(17)28(23,24)21(2)3)20-19(22)13-27-16-9-7-6-8-15(16)25-4/h6-12H,5,13H2,1-4H3,(H,20,22). The summed E-state index contributed by atoms with van der Waals surface area (Å²) in [4.78, 5) is 12.2. The third kappa shape index (κ3) is 5.14. The van der Waals surface area contributed by atoms with Crippen LogP contribution >= 0.6 is 0 Å². The Balaban J connectivity index is 2.16. The minimum absolute atomic E-state index is 0.0252. The average molecular weight is 408 g/mol. The number of para-hydroxylation sites is 2. The van der Waals surface area contributed by atoms with Crippen molar-refractivity contribution in [1.29, 1.82) is 0 Å². The van der Waals surface area contributed by atoms with Crippen LogP contribution in [-0.4, -0.2) is 53.0 Å². The summed E-state index contributed by atoms with van der Waals surface area (Å²) in [5.74, 6) is 0.723. The van der Waals surface area contributed by atoms with E-state index in [2.05, 4.69) is 5.32 Å². The second kappa shape index (κ2) is 9.43. The van der Waals surface area contributed by atoms with Crippen LogP contribution in [0.15, 0.2) is 47.4 Å². The number of rotatable bonds is 9. The molecule has 2 aromatic rings. The van der Waals surface area contributed by atoms with Gasteiger partial charge in [-0.05, 0) is 37.3 Å². The lowest BCUT2D eigenvalue weighted by Gasteiger charge is -2.17. The van der Waals surface area contributed by atoms with Crippen LogP contribution in [0.3, 0.4) is 0 Å². The molecule has 0 spiro atoms. The van der Waals surface area contributed by atoms with Crippen LogP contribution in [-0.2, 0) is 14.8 Å². The van der Waals surface area contributed by atoms with Crippen molar-refractivity contribution in [1.82, 2.24) is 4.31 Å². The van der Waals surface area contributed by atoms with Gasteiger partial charge in [0.25, 0.3) is 5.91 Å². The summed E-state index contributed by atoms with van der Waals surface area (Å²) in [7, 11) is 0.622. The monoisotopic (exact) mass is 408 g/mol. The summed E-state index contributed by atoms with van der Waals surface area (Å²) in [5.41, 5.74) is 0.317. The van der Waals surface area contributed by atoms with Gasteiger partial charge in [-0.15, -0.1) is 0 Å². The number of hydrogen-bond donors (Lipinski definition) is 1. The van der Waals surface area contributed by atoms with Crippen molar-refractivity contribution < 1.29 is 27.4 Å². The Hall–Kier alpha value is -2.78. The first kappa shape index (κ1) is 21.5. The molecule has 0 aromatic heterocycles. The number of nitrogens with zero attached hydrogens (tertiary/aromatic N) is 1. The zero-order valence-electron chi connectivity index (χ0n) is 16.3. The van der Waals surface area contributed by atoms with Gasteiger partial charge in [0.05, 0.1) is 13.7 Å². The van der Waals surface area contributed by atoms with Crippen LogP contribution < -0.4 is 19.5 Å². The fraction of sp³-hybridized carbons (Fsp3) is 0.316. The van der Waals surface area contributed by atoms with Crippen molar-refractivity contribution in [2.45, 2.75) is 11.8 Å². The lowest BCUT2D eigenvalue weighted by atomic mass is 10.3. The van der Waals surface area contributed by atoms with E-state index >= 15 is 0 Å². The van der Waals surface area contributed by atoms with Crippen LogP contribution in [0.25, 0.3) is 0 Å². The number of anilines is 1. The molecule has 2 aromatic carbocycles. The molecule has 0 aliphatic rings. The highest BCUT2D eigenvalue weighted by atomic mass is 32.2. The molecule has 0 heterocycles. The molecule has 0 aliphatic carbocycles. The van der Waals surface area contributed by atoms with E-state index in [1.807, 2.05) is 0 Å². The maximum Gasteiger partial charge on any atom is 0.262 e. The van der Waals surface area contributed by atoms with Gasteiger partial charge in [-0.2, -0.15) is 0 Å². The van der Waals surface area contributed by atoms with Gasteiger partial charge in [0, 0.05) is 19.8 Å². The molecule has 8 nitrogen and oxygen atoms in total. The first-order valence-electron chi connectivity index (χ1n) is 8.54. The molecular formula is C19H24N2O6S. The second-order valence-electron chi connectivity index (χ2n) is 5.87. The van der Waals surface area contributed by atoms with Gasteiger partial charge in [-0.3, -0.25) is 4.79 Å². The number of sulfonamides is 1.